The zero-order chi connectivity index (χ0) is 45.3. The molecule has 0 radical (unpaired) electrons. The summed E-state index contributed by atoms with van der Waals surface area (Å²) in [5.41, 5.74) is 3.00. The molecule has 346 valence electrons. The molecule has 0 saturated heterocycles. The smallest absolute Gasteiger partial charge is 0.243 e. The lowest BCUT2D eigenvalue weighted by Gasteiger charge is -2.26. The molecule has 2 aromatic carbocycles. The molecular weight excluding hydrogens is 791 g/mol. The molecule has 17 heteroatoms. The molecule has 1 aliphatic rings. The van der Waals surface area contributed by atoms with E-state index in [9.17, 15) is 29.1 Å². The molecule has 3 rings (SSSR count). The van der Waals surface area contributed by atoms with Gasteiger partial charge in [-0.1, -0.05) is 30.3 Å². The summed E-state index contributed by atoms with van der Waals surface area (Å²) in [7, 11) is 10.9. The van der Waals surface area contributed by atoms with Gasteiger partial charge in [-0.05, 0) is 154 Å². The Kier molecular flexibility index (Phi) is 24.1. The highest BCUT2D eigenvalue weighted by molar-refractivity contribution is 5.95. The fourth-order valence-electron chi connectivity index (χ4n) is 7.55. The summed E-state index contributed by atoms with van der Waals surface area (Å²) in [6.07, 6.45) is 6.00. The van der Waals surface area contributed by atoms with Crippen LogP contribution in [0.2, 0.25) is 0 Å². The topological polar surface area (TPSA) is 238 Å². The van der Waals surface area contributed by atoms with Crippen LogP contribution in [0.4, 0.5) is 0 Å². The monoisotopic (exact) mass is 866 g/mol. The first-order valence-electron chi connectivity index (χ1n) is 22.3. The number of carbonyl (C=O) groups excluding carboxylic acids is 5. The van der Waals surface area contributed by atoms with E-state index in [-0.39, 0.29) is 42.5 Å². The molecule has 12 N–H and O–H groups in total. The molecule has 0 saturated carbocycles. The molecule has 1 heterocycles. The van der Waals surface area contributed by atoms with Crippen LogP contribution in [0.25, 0.3) is 11.1 Å². The lowest BCUT2D eigenvalue weighted by atomic mass is 9.95. The standard InChI is InChI=1S/C45H75N11O6/c1-46-21-10-15-34(49-4)29-53-41(58)35(50-5)16-7-8-24-52-42(59)36(17-11-22-47-2)54-45(62)39-26-30-13-9-14-31(25-30)32-19-20-40(57)33(27-32)28-38(51-6)44(61)55-37(43(60)56-39)18-12-23-48-3/h9,13-14,19-20,25,27,34-39,46-51,57H,7-8,10-12,15-18,21-24,26,28-29H2,1-6H3,(H,52,59)(H,53,58)(H,54,62)(H,55,61)(H,56,60)/t34-,35-,36+,37-,38-,39-/m0/s1. The number of amides is 5. The van der Waals surface area contributed by atoms with Crippen LogP contribution >= 0.6 is 0 Å². The SMILES string of the molecule is CNCCC[C@@H](CNC(=O)[C@H](CCCCNC(=O)[C@@H](CCCNC)NC(=O)[C@@H]1Cc2cccc(c2)-c2ccc(O)c(c2)C[C@H](NC)C(=O)N[C@@H](CCCNC)C(=O)N1)NC)NC. The molecule has 1 aliphatic heterocycles. The number of nitrogens with one attached hydrogen (secondary N) is 11. The van der Waals surface area contributed by atoms with Crippen molar-refractivity contribution in [3.63, 3.8) is 0 Å². The second kappa shape index (κ2) is 28.9. The maximum atomic E-state index is 14.3. The van der Waals surface area contributed by atoms with Crippen LogP contribution in [0.5, 0.6) is 5.75 Å². The van der Waals surface area contributed by atoms with Gasteiger partial charge in [-0.2, -0.15) is 0 Å². The molecular formula is C45H75N11O6. The first-order valence-corrected chi connectivity index (χ1v) is 22.3. The summed E-state index contributed by atoms with van der Waals surface area (Å²) >= 11 is 0. The van der Waals surface area contributed by atoms with Gasteiger partial charge in [0.05, 0.1) is 12.1 Å². The number of hydrogen-bond donors (Lipinski definition) is 12. The molecule has 4 bridgehead atoms. The van der Waals surface area contributed by atoms with E-state index in [1.807, 2.05) is 51.5 Å². The van der Waals surface area contributed by atoms with Crippen molar-refractivity contribution in [3.05, 3.63) is 53.6 Å². The lowest BCUT2D eigenvalue weighted by Crippen LogP contribution is -2.58. The minimum absolute atomic E-state index is 0.0582. The first kappa shape index (κ1) is 51.7. The summed E-state index contributed by atoms with van der Waals surface area (Å²) in [6, 6.07) is 9.02. The first-order chi connectivity index (χ1) is 30.0. The van der Waals surface area contributed by atoms with E-state index in [4.69, 9.17) is 0 Å². The Morgan fingerprint density at radius 1 is 0.694 bits per heavy atom. The molecule has 5 amide bonds. The van der Waals surface area contributed by atoms with Crippen LogP contribution in [-0.2, 0) is 36.8 Å². The normalized spacial score (nSPS) is 18.3. The highest BCUT2D eigenvalue weighted by atomic mass is 16.3. The molecule has 62 heavy (non-hydrogen) atoms. The van der Waals surface area contributed by atoms with Gasteiger partial charge in [-0.25, -0.2) is 0 Å². The van der Waals surface area contributed by atoms with E-state index in [0.717, 1.165) is 36.1 Å². The molecule has 0 fully saturated rings. The molecule has 6 atom stereocenters. The third-order valence-corrected chi connectivity index (χ3v) is 11.4. The fraction of sp³-hybridized carbons (Fsp3) is 0.622. The van der Waals surface area contributed by atoms with Gasteiger partial charge in [0.25, 0.3) is 0 Å². The predicted octanol–water partition coefficient (Wildman–Crippen LogP) is -0.222. The highest BCUT2D eigenvalue weighted by Crippen LogP contribution is 2.28. The number of carbonyl (C=O) groups is 5. The number of hydrogen-bond acceptors (Lipinski definition) is 12. The Hall–Kier alpha value is -4.65. The van der Waals surface area contributed by atoms with Crippen LogP contribution in [-0.4, -0.2) is 146 Å². The molecule has 17 nitrogen and oxygen atoms in total. The second-order valence-corrected chi connectivity index (χ2v) is 16.1. The fourth-order valence-corrected chi connectivity index (χ4v) is 7.55. The van der Waals surface area contributed by atoms with Gasteiger partial charge in [0.15, 0.2) is 0 Å². The summed E-state index contributed by atoms with van der Waals surface area (Å²) in [5, 5.41) is 44.3. The number of benzene rings is 2. The average molecular weight is 866 g/mol. The Morgan fingerprint density at radius 2 is 1.37 bits per heavy atom. The number of fused-ring (bicyclic) bond motifs is 5. The van der Waals surface area contributed by atoms with Crippen LogP contribution in [0.3, 0.4) is 0 Å². The van der Waals surface area contributed by atoms with E-state index in [1.165, 1.54) is 0 Å². The minimum atomic E-state index is -1.08. The summed E-state index contributed by atoms with van der Waals surface area (Å²) in [5.74, 6) is -1.80. The van der Waals surface area contributed by atoms with E-state index in [2.05, 4.69) is 58.5 Å². The Labute approximate surface area is 368 Å². The highest BCUT2D eigenvalue weighted by Gasteiger charge is 2.31. The van der Waals surface area contributed by atoms with Crippen molar-refractivity contribution < 1.29 is 29.1 Å². The maximum Gasteiger partial charge on any atom is 0.243 e. The Bertz CT molecular complexity index is 1700. The zero-order valence-corrected chi connectivity index (χ0v) is 37.8. The molecule has 0 spiro atoms. The van der Waals surface area contributed by atoms with Gasteiger partial charge < -0.3 is 63.6 Å². The van der Waals surface area contributed by atoms with E-state index < -0.39 is 41.9 Å². The number of phenolic OH excluding ortho intramolecular Hbond substituents is 1. The van der Waals surface area contributed by atoms with Gasteiger partial charge in [-0.3, -0.25) is 24.0 Å². The van der Waals surface area contributed by atoms with Crippen molar-refractivity contribution in [3.8, 4) is 16.9 Å². The van der Waals surface area contributed by atoms with E-state index in [1.54, 1.807) is 33.3 Å². The molecule has 0 unspecified atom stereocenters. The Balaban J connectivity index is 1.77. The van der Waals surface area contributed by atoms with Gasteiger partial charge in [0, 0.05) is 32.0 Å². The lowest BCUT2D eigenvalue weighted by molar-refractivity contribution is -0.134. The average Bonchev–Trinajstić information content (AvgIpc) is 3.27. The number of aromatic hydroxyl groups is 1. The van der Waals surface area contributed by atoms with Crippen molar-refractivity contribution in [2.45, 2.75) is 107 Å². The van der Waals surface area contributed by atoms with Crippen LogP contribution < -0.4 is 58.5 Å². The number of phenols is 1. The van der Waals surface area contributed by atoms with Crippen molar-refractivity contribution in [1.29, 1.82) is 0 Å². The maximum absolute atomic E-state index is 14.3. The summed E-state index contributed by atoms with van der Waals surface area (Å²) in [4.78, 5) is 68.7. The summed E-state index contributed by atoms with van der Waals surface area (Å²) < 4.78 is 0. The van der Waals surface area contributed by atoms with E-state index in [0.29, 0.717) is 76.7 Å². The van der Waals surface area contributed by atoms with Crippen molar-refractivity contribution >= 4 is 29.5 Å². The third kappa shape index (κ3) is 17.6. The third-order valence-electron chi connectivity index (χ3n) is 11.4. The second-order valence-electron chi connectivity index (χ2n) is 16.1. The molecule has 0 aliphatic carbocycles. The van der Waals surface area contributed by atoms with E-state index >= 15 is 0 Å². The van der Waals surface area contributed by atoms with Crippen molar-refractivity contribution in [2.75, 3.05) is 75.0 Å². The summed E-state index contributed by atoms with van der Waals surface area (Å²) in [6.45, 7) is 3.05. The Morgan fingerprint density at radius 3 is 2.06 bits per heavy atom. The quantitative estimate of drug-likeness (QED) is 0.0551. The predicted molar refractivity (Wildman–Crippen MR) is 245 cm³/mol. The van der Waals surface area contributed by atoms with Crippen molar-refractivity contribution in [1.82, 2.24) is 58.5 Å². The van der Waals surface area contributed by atoms with Crippen LogP contribution in [0.1, 0.15) is 68.9 Å². The molecule has 0 aromatic heterocycles. The number of unbranched alkanes of at least 4 members (excludes halogenated alkanes) is 1. The number of rotatable bonds is 26. The minimum Gasteiger partial charge on any atom is -0.508 e. The largest absolute Gasteiger partial charge is 0.508 e. The van der Waals surface area contributed by atoms with Gasteiger partial charge in [0.1, 0.15) is 23.9 Å². The molecule has 2 aromatic rings. The van der Waals surface area contributed by atoms with Gasteiger partial charge in [-0.15, -0.1) is 0 Å². The van der Waals surface area contributed by atoms with Gasteiger partial charge in [0.2, 0.25) is 29.5 Å². The number of likely N-dealkylation sites (N-methyl/N-ethyl adjacent to an activating group) is 3. The zero-order valence-electron chi connectivity index (χ0n) is 37.8. The van der Waals surface area contributed by atoms with Crippen LogP contribution in [0, 0.1) is 0 Å². The van der Waals surface area contributed by atoms with Gasteiger partial charge >= 0.3 is 0 Å². The van der Waals surface area contributed by atoms with Crippen LogP contribution in [0.15, 0.2) is 42.5 Å². The van der Waals surface area contributed by atoms with Crippen molar-refractivity contribution in [2.24, 2.45) is 0 Å².